The molecule has 0 saturated carbocycles. The molecule has 11 heavy (non-hydrogen) atoms. The number of allylic oxidation sites excluding steroid dienone is 1. The minimum Gasteiger partial charge on any atom is -0.341 e. The fourth-order valence-corrected chi connectivity index (χ4v) is 2.28. The van der Waals surface area contributed by atoms with E-state index in [4.69, 9.17) is 0 Å². The summed E-state index contributed by atoms with van der Waals surface area (Å²) in [4.78, 5) is 9.43. The molecule has 66 valence electrons. The Balaban J connectivity index is 4.47. The van der Waals surface area contributed by atoms with Crippen molar-refractivity contribution >= 4 is 7.37 Å². The smallest absolute Gasteiger partial charge is 0.225 e. The number of hydrogen-bond donors (Lipinski definition) is 1. The van der Waals surface area contributed by atoms with Crippen LogP contribution in [0.2, 0.25) is 0 Å². The SMILES string of the molecule is CCC(C)P(=O)(O)C=C(C)C. The Kier molecular flexibility index (Phi) is 4.05. The zero-order valence-electron chi connectivity index (χ0n) is 7.66. The van der Waals surface area contributed by atoms with Crippen molar-refractivity contribution < 1.29 is 9.46 Å². The Morgan fingerprint density at radius 3 is 2.36 bits per heavy atom. The molecule has 0 aromatic rings. The highest BCUT2D eigenvalue weighted by atomic mass is 31.2. The third kappa shape index (κ3) is 3.74. The van der Waals surface area contributed by atoms with Gasteiger partial charge in [0.1, 0.15) is 0 Å². The van der Waals surface area contributed by atoms with E-state index >= 15 is 0 Å². The fraction of sp³-hybridized carbons (Fsp3) is 0.750. The molecule has 0 aliphatic carbocycles. The second-order valence-corrected chi connectivity index (χ2v) is 5.62. The summed E-state index contributed by atoms with van der Waals surface area (Å²) in [5, 5.41) is 0. The summed E-state index contributed by atoms with van der Waals surface area (Å²) in [5.74, 6) is 1.49. The Labute approximate surface area is 68.8 Å². The van der Waals surface area contributed by atoms with Crippen molar-refractivity contribution in [1.29, 1.82) is 0 Å². The fourth-order valence-electron chi connectivity index (χ4n) is 0.759. The van der Waals surface area contributed by atoms with Gasteiger partial charge >= 0.3 is 0 Å². The van der Waals surface area contributed by atoms with Crippen LogP contribution in [0.4, 0.5) is 0 Å². The Morgan fingerprint density at radius 2 is 2.09 bits per heavy atom. The molecule has 0 aliphatic heterocycles. The summed E-state index contributed by atoms with van der Waals surface area (Å²) in [6.07, 6.45) is 0.748. The van der Waals surface area contributed by atoms with E-state index in [1.165, 1.54) is 5.82 Å². The molecule has 0 aromatic heterocycles. The van der Waals surface area contributed by atoms with Crippen LogP contribution in [-0.4, -0.2) is 10.6 Å². The maximum atomic E-state index is 11.4. The van der Waals surface area contributed by atoms with Crippen LogP contribution in [0.15, 0.2) is 11.4 Å². The molecule has 0 radical (unpaired) electrons. The summed E-state index contributed by atoms with van der Waals surface area (Å²) < 4.78 is 11.4. The zero-order valence-corrected chi connectivity index (χ0v) is 8.56. The highest BCUT2D eigenvalue weighted by molar-refractivity contribution is 7.62. The van der Waals surface area contributed by atoms with Crippen molar-refractivity contribution in [1.82, 2.24) is 0 Å². The van der Waals surface area contributed by atoms with Crippen LogP contribution in [0.1, 0.15) is 34.1 Å². The summed E-state index contributed by atoms with van der Waals surface area (Å²) in [5.41, 5.74) is 0.800. The van der Waals surface area contributed by atoms with Crippen LogP contribution in [0.25, 0.3) is 0 Å². The Morgan fingerprint density at radius 1 is 1.64 bits per heavy atom. The lowest BCUT2D eigenvalue weighted by atomic mass is 10.4. The molecule has 0 saturated heterocycles. The van der Waals surface area contributed by atoms with Gasteiger partial charge in [0.05, 0.1) is 0 Å². The summed E-state index contributed by atoms with van der Waals surface area (Å²) in [6, 6.07) is 0. The zero-order chi connectivity index (χ0) is 9.07. The van der Waals surface area contributed by atoms with E-state index in [1.54, 1.807) is 6.92 Å². The first-order chi connectivity index (χ1) is 4.90. The molecule has 0 spiro atoms. The average Bonchev–Trinajstić information content (AvgIpc) is 1.83. The van der Waals surface area contributed by atoms with Gasteiger partial charge in [-0.1, -0.05) is 19.4 Å². The van der Waals surface area contributed by atoms with Crippen molar-refractivity contribution in [2.24, 2.45) is 0 Å². The first kappa shape index (κ1) is 10.9. The third-order valence-corrected chi connectivity index (χ3v) is 4.18. The predicted molar refractivity (Wildman–Crippen MR) is 49.0 cm³/mol. The highest BCUT2D eigenvalue weighted by Gasteiger charge is 2.21. The summed E-state index contributed by atoms with van der Waals surface area (Å²) in [7, 11) is -3.00. The van der Waals surface area contributed by atoms with Crippen molar-refractivity contribution in [3.05, 3.63) is 11.4 Å². The quantitative estimate of drug-likeness (QED) is 0.671. The average molecular weight is 176 g/mol. The van der Waals surface area contributed by atoms with Gasteiger partial charge in [-0.05, 0) is 26.1 Å². The van der Waals surface area contributed by atoms with Crippen molar-refractivity contribution in [3.8, 4) is 0 Å². The molecule has 0 aliphatic rings. The van der Waals surface area contributed by atoms with Gasteiger partial charge in [0.2, 0.25) is 7.37 Å². The second kappa shape index (κ2) is 4.08. The van der Waals surface area contributed by atoms with E-state index in [-0.39, 0.29) is 5.66 Å². The van der Waals surface area contributed by atoms with Crippen LogP contribution in [0, 0.1) is 0 Å². The Bertz CT molecular complexity index is 192. The number of hydrogen-bond acceptors (Lipinski definition) is 1. The van der Waals surface area contributed by atoms with Gasteiger partial charge in [0.25, 0.3) is 0 Å². The minimum atomic E-state index is -3.00. The normalized spacial score (nSPS) is 18.6. The molecule has 0 fully saturated rings. The van der Waals surface area contributed by atoms with Crippen LogP contribution in [0.5, 0.6) is 0 Å². The molecule has 3 heteroatoms. The second-order valence-electron chi connectivity index (χ2n) is 3.14. The first-order valence-corrected chi connectivity index (χ1v) is 5.68. The van der Waals surface area contributed by atoms with Crippen molar-refractivity contribution in [3.63, 3.8) is 0 Å². The van der Waals surface area contributed by atoms with Crippen LogP contribution < -0.4 is 0 Å². The highest BCUT2D eigenvalue weighted by Crippen LogP contribution is 2.49. The molecule has 0 rings (SSSR count). The molecule has 0 bridgehead atoms. The van der Waals surface area contributed by atoms with E-state index in [2.05, 4.69) is 0 Å². The van der Waals surface area contributed by atoms with Crippen molar-refractivity contribution in [2.75, 3.05) is 0 Å². The first-order valence-electron chi connectivity index (χ1n) is 3.88. The van der Waals surface area contributed by atoms with E-state index in [0.717, 1.165) is 12.0 Å². The summed E-state index contributed by atoms with van der Waals surface area (Å²) in [6.45, 7) is 7.41. The molecule has 0 amide bonds. The molecular weight excluding hydrogens is 159 g/mol. The maximum Gasteiger partial charge on any atom is 0.225 e. The molecule has 2 atom stereocenters. The van der Waals surface area contributed by atoms with Crippen LogP contribution in [0.3, 0.4) is 0 Å². The van der Waals surface area contributed by atoms with E-state index in [9.17, 15) is 9.46 Å². The standard InChI is InChI=1S/C8H17O2P/c1-5-8(4)11(9,10)6-7(2)3/h6,8H,5H2,1-4H3,(H,9,10). The largest absolute Gasteiger partial charge is 0.341 e. The molecule has 2 nitrogen and oxygen atoms in total. The Hall–Kier alpha value is -0.0700. The maximum absolute atomic E-state index is 11.4. The lowest BCUT2D eigenvalue weighted by Crippen LogP contribution is -1.98. The molecule has 1 N–H and O–H groups in total. The lowest BCUT2D eigenvalue weighted by molar-refractivity contribution is 0.474. The molecule has 0 aromatic carbocycles. The van der Waals surface area contributed by atoms with Gasteiger partial charge in [-0.25, -0.2) is 0 Å². The van der Waals surface area contributed by atoms with E-state index in [1.807, 2.05) is 20.8 Å². The molecule has 0 heterocycles. The monoisotopic (exact) mass is 176 g/mol. The van der Waals surface area contributed by atoms with Gasteiger partial charge in [0.15, 0.2) is 0 Å². The topological polar surface area (TPSA) is 37.3 Å². The van der Waals surface area contributed by atoms with Gasteiger partial charge < -0.3 is 4.89 Å². The van der Waals surface area contributed by atoms with E-state index < -0.39 is 7.37 Å². The minimum absolute atomic E-state index is 0.114. The van der Waals surface area contributed by atoms with Crippen LogP contribution in [-0.2, 0) is 4.57 Å². The molecule has 2 unspecified atom stereocenters. The lowest BCUT2D eigenvalue weighted by Gasteiger charge is -2.13. The van der Waals surface area contributed by atoms with Gasteiger partial charge in [0, 0.05) is 5.66 Å². The predicted octanol–water partition coefficient (Wildman–Crippen LogP) is 2.98. The summed E-state index contributed by atoms with van der Waals surface area (Å²) >= 11 is 0. The van der Waals surface area contributed by atoms with Gasteiger partial charge in [-0.15, -0.1) is 0 Å². The number of rotatable bonds is 3. The van der Waals surface area contributed by atoms with Crippen molar-refractivity contribution in [2.45, 2.75) is 39.8 Å². The van der Waals surface area contributed by atoms with Gasteiger partial charge in [-0.3, -0.25) is 4.57 Å². The third-order valence-electron chi connectivity index (χ3n) is 1.67. The van der Waals surface area contributed by atoms with E-state index in [0.29, 0.717) is 0 Å². The van der Waals surface area contributed by atoms with Crippen LogP contribution >= 0.6 is 7.37 Å². The van der Waals surface area contributed by atoms with Gasteiger partial charge in [-0.2, -0.15) is 0 Å². The molecular formula is C8H17O2P.